The van der Waals surface area contributed by atoms with Crippen LogP contribution in [0.1, 0.15) is 21.5 Å². The van der Waals surface area contributed by atoms with Gasteiger partial charge in [0, 0.05) is 24.9 Å². The van der Waals surface area contributed by atoms with Gasteiger partial charge in [-0.1, -0.05) is 18.2 Å². The van der Waals surface area contributed by atoms with E-state index in [0.29, 0.717) is 5.56 Å². The Morgan fingerprint density at radius 2 is 2.17 bits per heavy atom. The van der Waals surface area contributed by atoms with E-state index in [0.717, 1.165) is 23.4 Å². The van der Waals surface area contributed by atoms with Crippen LogP contribution in [0.2, 0.25) is 0 Å². The third kappa shape index (κ3) is 2.30. The fourth-order valence-corrected chi connectivity index (χ4v) is 2.04. The number of carbonyl (C=O) groups excluding carboxylic acids is 1. The lowest BCUT2D eigenvalue weighted by Crippen LogP contribution is -2.19. The predicted molar refractivity (Wildman–Crippen MR) is 72.3 cm³/mol. The zero-order valence-corrected chi connectivity index (χ0v) is 10.9. The lowest BCUT2D eigenvalue weighted by atomic mass is 10.00. The van der Waals surface area contributed by atoms with Crippen LogP contribution in [0.15, 0.2) is 36.4 Å². The summed E-state index contributed by atoms with van der Waals surface area (Å²) in [5, 5.41) is 0. The number of benzene rings is 1. The maximum atomic E-state index is 11.6. The molecule has 94 valence electrons. The molecule has 3 heteroatoms. The highest BCUT2D eigenvalue weighted by atomic mass is 16.5. The van der Waals surface area contributed by atoms with Crippen molar-refractivity contribution < 1.29 is 9.53 Å². The first-order valence-electron chi connectivity index (χ1n) is 5.91. The summed E-state index contributed by atoms with van der Waals surface area (Å²) < 4.78 is 4.76. The Morgan fingerprint density at radius 1 is 1.39 bits per heavy atom. The Kier molecular flexibility index (Phi) is 3.51. The second kappa shape index (κ2) is 5.08. The van der Waals surface area contributed by atoms with Gasteiger partial charge in [-0.05, 0) is 30.7 Å². The molecule has 0 saturated carbocycles. The van der Waals surface area contributed by atoms with Gasteiger partial charge in [-0.3, -0.25) is 0 Å². The van der Waals surface area contributed by atoms with Gasteiger partial charge < -0.3 is 9.64 Å². The molecule has 0 saturated heterocycles. The first-order chi connectivity index (χ1) is 8.63. The van der Waals surface area contributed by atoms with Gasteiger partial charge in [-0.15, -0.1) is 0 Å². The fraction of sp³-hybridized carbons (Fsp3) is 0.267. The molecule has 1 aliphatic heterocycles. The topological polar surface area (TPSA) is 29.5 Å². The summed E-state index contributed by atoms with van der Waals surface area (Å²) in [7, 11) is 3.44. The summed E-state index contributed by atoms with van der Waals surface area (Å²) in [5.74, 6) is -0.300. The van der Waals surface area contributed by atoms with Crippen molar-refractivity contribution in [1.29, 1.82) is 0 Å². The molecule has 0 amide bonds. The van der Waals surface area contributed by atoms with Crippen LogP contribution < -0.4 is 0 Å². The number of esters is 1. The number of allylic oxidation sites excluding steroid dienone is 2. The summed E-state index contributed by atoms with van der Waals surface area (Å²) >= 11 is 0. The van der Waals surface area contributed by atoms with Crippen LogP contribution >= 0.6 is 0 Å². The van der Waals surface area contributed by atoms with Crippen LogP contribution in [0.5, 0.6) is 0 Å². The highest BCUT2D eigenvalue weighted by molar-refractivity contribution is 5.90. The zero-order valence-electron chi connectivity index (χ0n) is 10.9. The van der Waals surface area contributed by atoms with E-state index in [9.17, 15) is 4.79 Å². The smallest absolute Gasteiger partial charge is 0.337 e. The van der Waals surface area contributed by atoms with Gasteiger partial charge in [-0.2, -0.15) is 0 Å². The van der Waals surface area contributed by atoms with Gasteiger partial charge >= 0.3 is 5.97 Å². The molecule has 2 rings (SSSR count). The standard InChI is InChI=1S/C15H17NO2/c1-11-7-8-12(15(17)18-3)10-13(11)14-6-4-5-9-16(14)2/h4-8,10H,9H2,1-3H3. The number of hydrogen-bond acceptors (Lipinski definition) is 3. The Labute approximate surface area is 107 Å². The van der Waals surface area contributed by atoms with Crippen molar-refractivity contribution in [3.8, 4) is 0 Å². The van der Waals surface area contributed by atoms with E-state index in [2.05, 4.69) is 17.1 Å². The molecule has 0 fully saturated rings. The van der Waals surface area contributed by atoms with Gasteiger partial charge in [-0.25, -0.2) is 4.79 Å². The van der Waals surface area contributed by atoms with Gasteiger partial charge in [0.05, 0.1) is 12.7 Å². The highest BCUT2D eigenvalue weighted by Gasteiger charge is 2.14. The maximum absolute atomic E-state index is 11.6. The summed E-state index contributed by atoms with van der Waals surface area (Å²) in [4.78, 5) is 13.7. The number of likely N-dealkylation sites (N-methyl/N-ethyl adjacent to an activating group) is 1. The Hall–Kier alpha value is -2.03. The van der Waals surface area contributed by atoms with Crippen molar-refractivity contribution in [2.45, 2.75) is 6.92 Å². The summed E-state index contributed by atoms with van der Waals surface area (Å²) in [6.07, 6.45) is 6.20. The first-order valence-corrected chi connectivity index (χ1v) is 5.91. The molecule has 0 radical (unpaired) electrons. The molecule has 1 aromatic carbocycles. The van der Waals surface area contributed by atoms with Crippen molar-refractivity contribution in [3.05, 3.63) is 53.1 Å². The second-order valence-corrected chi connectivity index (χ2v) is 4.38. The van der Waals surface area contributed by atoms with E-state index in [-0.39, 0.29) is 5.97 Å². The minimum atomic E-state index is -0.300. The second-order valence-electron chi connectivity index (χ2n) is 4.38. The maximum Gasteiger partial charge on any atom is 0.337 e. The van der Waals surface area contributed by atoms with E-state index >= 15 is 0 Å². The average molecular weight is 243 g/mol. The monoisotopic (exact) mass is 243 g/mol. The fourth-order valence-electron chi connectivity index (χ4n) is 2.04. The number of aryl methyl sites for hydroxylation is 1. The first kappa shape index (κ1) is 12.4. The molecule has 1 aromatic rings. The van der Waals surface area contributed by atoms with Crippen molar-refractivity contribution in [2.24, 2.45) is 0 Å². The predicted octanol–water partition coefficient (Wildman–Crippen LogP) is 2.62. The van der Waals surface area contributed by atoms with Gasteiger partial charge in [0.15, 0.2) is 0 Å². The number of hydrogen-bond donors (Lipinski definition) is 0. The van der Waals surface area contributed by atoms with E-state index in [1.54, 1.807) is 6.07 Å². The van der Waals surface area contributed by atoms with Crippen LogP contribution in [-0.2, 0) is 4.74 Å². The molecule has 18 heavy (non-hydrogen) atoms. The molecule has 0 N–H and O–H groups in total. The normalized spacial score (nSPS) is 14.4. The Balaban J connectivity index is 2.46. The van der Waals surface area contributed by atoms with E-state index in [1.807, 2.05) is 32.2 Å². The number of nitrogens with zero attached hydrogens (tertiary/aromatic N) is 1. The molecule has 0 atom stereocenters. The van der Waals surface area contributed by atoms with E-state index in [4.69, 9.17) is 4.74 Å². The molecule has 1 aliphatic rings. The average Bonchev–Trinajstić information content (AvgIpc) is 2.39. The van der Waals surface area contributed by atoms with Crippen LogP contribution in [0.4, 0.5) is 0 Å². The molecule has 0 aromatic heterocycles. The number of ether oxygens (including phenoxy) is 1. The number of rotatable bonds is 2. The molecule has 0 aliphatic carbocycles. The van der Waals surface area contributed by atoms with Crippen LogP contribution in [0, 0.1) is 6.92 Å². The van der Waals surface area contributed by atoms with E-state index < -0.39 is 0 Å². The largest absolute Gasteiger partial charge is 0.465 e. The zero-order chi connectivity index (χ0) is 13.1. The van der Waals surface area contributed by atoms with Gasteiger partial charge in [0.1, 0.15) is 0 Å². The SMILES string of the molecule is COC(=O)c1ccc(C)c(C2=CC=CCN2C)c1. The molecule has 0 unspecified atom stereocenters. The number of methoxy groups -OCH3 is 1. The van der Waals surface area contributed by atoms with Crippen LogP contribution in [0.25, 0.3) is 5.70 Å². The van der Waals surface area contributed by atoms with Crippen molar-refractivity contribution in [2.75, 3.05) is 20.7 Å². The van der Waals surface area contributed by atoms with Crippen LogP contribution in [-0.4, -0.2) is 31.6 Å². The lowest BCUT2D eigenvalue weighted by Gasteiger charge is -2.25. The van der Waals surface area contributed by atoms with Crippen molar-refractivity contribution >= 4 is 11.7 Å². The molecule has 1 heterocycles. The third-order valence-corrected chi connectivity index (χ3v) is 3.12. The summed E-state index contributed by atoms with van der Waals surface area (Å²) in [6.45, 7) is 2.93. The molecular weight excluding hydrogens is 226 g/mol. The summed E-state index contributed by atoms with van der Waals surface area (Å²) in [5.41, 5.74) is 3.93. The van der Waals surface area contributed by atoms with Gasteiger partial charge in [0.2, 0.25) is 0 Å². The quantitative estimate of drug-likeness (QED) is 0.748. The van der Waals surface area contributed by atoms with E-state index in [1.165, 1.54) is 7.11 Å². The van der Waals surface area contributed by atoms with Gasteiger partial charge in [0.25, 0.3) is 0 Å². The molecule has 0 spiro atoms. The lowest BCUT2D eigenvalue weighted by molar-refractivity contribution is 0.0600. The Bertz CT molecular complexity index is 529. The van der Waals surface area contributed by atoms with Crippen molar-refractivity contribution in [3.63, 3.8) is 0 Å². The molecule has 0 bridgehead atoms. The third-order valence-electron chi connectivity index (χ3n) is 3.12. The minimum Gasteiger partial charge on any atom is -0.465 e. The minimum absolute atomic E-state index is 0.300. The van der Waals surface area contributed by atoms with Crippen molar-refractivity contribution in [1.82, 2.24) is 4.90 Å². The Morgan fingerprint density at radius 3 is 2.83 bits per heavy atom. The molecule has 3 nitrogen and oxygen atoms in total. The van der Waals surface area contributed by atoms with Crippen LogP contribution in [0.3, 0.4) is 0 Å². The molecular formula is C15H17NO2. The number of carbonyl (C=O) groups is 1. The summed E-state index contributed by atoms with van der Waals surface area (Å²) in [6, 6.07) is 5.64. The highest BCUT2D eigenvalue weighted by Crippen LogP contribution is 2.25.